The van der Waals surface area contributed by atoms with Crippen LogP contribution in [0.4, 0.5) is 0 Å². The Kier molecular flexibility index (Phi) is 2.76. The lowest BCUT2D eigenvalue weighted by Gasteiger charge is -2.08. The minimum Gasteiger partial charge on any atom is -0.357 e. The summed E-state index contributed by atoms with van der Waals surface area (Å²) in [6.07, 6.45) is 0. The molecule has 16 heavy (non-hydrogen) atoms. The summed E-state index contributed by atoms with van der Waals surface area (Å²) in [5, 5.41) is 1.37. The Morgan fingerprint density at radius 3 is 2.38 bits per heavy atom. The van der Waals surface area contributed by atoms with E-state index in [-0.39, 0.29) is 0 Å². The van der Waals surface area contributed by atoms with Crippen LogP contribution in [0.1, 0.15) is 42.1 Å². The summed E-state index contributed by atoms with van der Waals surface area (Å²) in [5.41, 5.74) is 12.3. The van der Waals surface area contributed by atoms with E-state index in [2.05, 4.69) is 44.8 Å². The Morgan fingerprint density at radius 1 is 1.19 bits per heavy atom. The summed E-state index contributed by atoms with van der Waals surface area (Å²) in [5.74, 6) is 0.507. The largest absolute Gasteiger partial charge is 0.357 e. The Labute approximate surface area is 96.9 Å². The van der Waals surface area contributed by atoms with Crippen LogP contribution < -0.4 is 5.73 Å². The lowest BCUT2D eigenvalue weighted by molar-refractivity contribution is 0.841. The maximum Gasteiger partial charge on any atom is 0.0491 e. The number of nitrogens with one attached hydrogen (secondary N) is 1. The first-order valence-electron chi connectivity index (χ1n) is 5.87. The van der Waals surface area contributed by atoms with Gasteiger partial charge in [0, 0.05) is 23.1 Å². The summed E-state index contributed by atoms with van der Waals surface area (Å²) in [7, 11) is 0. The van der Waals surface area contributed by atoms with E-state index in [4.69, 9.17) is 5.73 Å². The number of aromatic amines is 1. The maximum absolute atomic E-state index is 5.82. The van der Waals surface area contributed by atoms with Crippen LogP contribution in [-0.4, -0.2) is 4.98 Å². The van der Waals surface area contributed by atoms with Gasteiger partial charge in [-0.1, -0.05) is 26.0 Å². The molecule has 0 fully saturated rings. The van der Waals surface area contributed by atoms with Crippen molar-refractivity contribution in [3.63, 3.8) is 0 Å². The molecule has 2 aromatic rings. The Morgan fingerprint density at radius 2 is 1.81 bits per heavy atom. The van der Waals surface area contributed by atoms with Crippen LogP contribution in [0.2, 0.25) is 0 Å². The van der Waals surface area contributed by atoms with Crippen LogP contribution in [0.25, 0.3) is 10.9 Å². The zero-order chi connectivity index (χ0) is 11.9. The first-order chi connectivity index (χ1) is 7.56. The van der Waals surface area contributed by atoms with Gasteiger partial charge in [0.2, 0.25) is 0 Å². The van der Waals surface area contributed by atoms with Gasteiger partial charge in [0.1, 0.15) is 0 Å². The topological polar surface area (TPSA) is 41.8 Å². The van der Waals surface area contributed by atoms with Gasteiger partial charge in [0.05, 0.1) is 0 Å². The number of hydrogen-bond acceptors (Lipinski definition) is 1. The Bertz CT molecular complexity index is 521. The van der Waals surface area contributed by atoms with Crippen molar-refractivity contribution in [1.82, 2.24) is 4.98 Å². The highest BCUT2D eigenvalue weighted by molar-refractivity contribution is 5.90. The molecule has 0 aliphatic rings. The van der Waals surface area contributed by atoms with Gasteiger partial charge in [-0.15, -0.1) is 0 Å². The third kappa shape index (κ3) is 1.54. The van der Waals surface area contributed by atoms with E-state index in [1.54, 1.807) is 0 Å². The molecule has 0 saturated heterocycles. The number of aryl methyl sites for hydroxylation is 2. The van der Waals surface area contributed by atoms with E-state index in [1.807, 2.05) is 0 Å². The monoisotopic (exact) mass is 216 g/mol. The van der Waals surface area contributed by atoms with Crippen molar-refractivity contribution >= 4 is 10.9 Å². The number of hydrogen-bond donors (Lipinski definition) is 2. The molecule has 86 valence electrons. The fourth-order valence-electron chi connectivity index (χ4n) is 2.49. The lowest BCUT2D eigenvalue weighted by atomic mass is 9.95. The number of benzene rings is 1. The molecule has 0 radical (unpaired) electrons. The number of aromatic nitrogens is 1. The minimum absolute atomic E-state index is 0.507. The average molecular weight is 216 g/mol. The minimum atomic E-state index is 0.507. The molecule has 2 nitrogen and oxygen atoms in total. The van der Waals surface area contributed by atoms with Gasteiger partial charge in [0.15, 0.2) is 0 Å². The smallest absolute Gasteiger partial charge is 0.0491 e. The molecule has 0 aliphatic heterocycles. The van der Waals surface area contributed by atoms with Crippen LogP contribution in [0.5, 0.6) is 0 Å². The van der Waals surface area contributed by atoms with Gasteiger partial charge in [-0.3, -0.25) is 0 Å². The predicted molar refractivity (Wildman–Crippen MR) is 69.8 cm³/mol. The van der Waals surface area contributed by atoms with Gasteiger partial charge < -0.3 is 10.7 Å². The highest BCUT2D eigenvalue weighted by Crippen LogP contribution is 2.32. The van der Waals surface area contributed by atoms with Crippen molar-refractivity contribution in [2.24, 2.45) is 5.73 Å². The van der Waals surface area contributed by atoms with Gasteiger partial charge in [0.25, 0.3) is 0 Å². The van der Waals surface area contributed by atoms with Gasteiger partial charge in [-0.05, 0) is 36.5 Å². The maximum atomic E-state index is 5.82. The fourth-order valence-corrected chi connectivity index (χ4v) is 2.49. The molecular weight excluding hydrogens is 196 g/mol. The van der Waals surface area contributed by atoms with Crippen molar-refractivity contribution in [2.45, 2.75) is 40.2 Å². The zero-order valence-corrected chi connectivity index (χ0v) is 10.5. The molecule has 2 rings (SSSR count). The zero-order valence-electron chi connectivity index (χ0n) is 10.5. The molecule has 0 aliphatic carbocycles. The molecule has 0 saturated carbocycles. The van der Waals surface area contributed by atoms with Crippen molar-refractivity contribution in [2.75, 3.05) is 0 Å². The average Bonchev–Trinajstić information content (AvgIpc) is 2.64. The van der Waals surface area contributed by atoms with Crippen molar-refractivity contribution in [3.05, 3.63) is 34.5 Å². The van der Waals surface area contributed by atoms with Gasteiger partial charge in [-0.2, -0.15) is 0 Å². The van der Waals surface area contributed by atoms with E-state index < -0.39 is 0 Å². The number of nitrogens with two attached hydrogens (primary N) is 1. The van der Waals surface area contributed by atoms with Crippen molar-refractivity contribution < 1.29 is 0 Å². The standard InChI is InChI=1S/C14H20N2/c1-8(2)12-11(7-15)16-14-10(4)6-5-9(3)13(12)14/h5-6,8,16H,7,15H2,1-4H3. The molecule has 1 heterocycles. The number of rotatable bonds is 2. The van der Waals surface area contributed by atoms with Crippen LogP contribution in [0.15, 0.2) is 12.1 Å². The summed E-state index contributed by atoms with van der Waals surface area (Å²) in [6, 6.07) is 4.36. The fraction of sp³-hybridized carbons (Fsp3) is 0.429. The normalized spacial score (nSPS) is 11.6. The van der Waals surface area contributed by atoms with E-state index in [1.165, 1.54) is 33.3 Å². The second kappa shape index (κ2) is 3.95. The number of fused-ring (bicyclic) bond motifs is 1. The summed E-state index contributed by atoms with van der Waals surface area (Å²) < 4.78 is 0. The predicted octanol–water partition coefficient (Wildman–Crippen LogP) is 3.37. The van der Waals surface area contributed by atoms with Crippen molar-refractivity contribution in [3.8, 4) is 0 Å². The molecule has 1 aromatic heterocycles. The molecule has 2 heteroatoms. The first-order valence-corrected chi connectivity index (χ1v) is 5.87. The van der Waals surface area contributed by atoms with E-state index in [9.17, 15) is 0 Å². The SMILES string of the molecule is Cc1ccc(C)c2c(C(C)C)c(CN)[nH]c12. The van der Waals surface area contributed by atoms with Crippen molar-refractivity contribution in [1.29, 1.82) is 0 Å². The second-order valence-electron chi connectivity index (χ2n) is 4.83. The second-order valence-corrected chi connectivity index (χ2v) is 4.83. The quantitative estimate of drug-likeness (QED) is 0.794. The molecule has 3 N–H and O–H groups in total. The molecule has 0 spiro atoms. The Hall–Kier alpha value is -1.28. The van der Waals surface area contributed by atoms with Crippen LogP contribution >= 0.6 is 0 Å². The summed E-state index contributed by atoms with van der Waals surface area (Å²) >= 11 is 0. The van der Waals surface area contributed by atoms with E-state index in [0.29, 0.717) is 12.5 Å². The molecule has 0 unspecified atom stereocenters. The molecular formula is C14H20N2. The Balaban J connectivity index is 2.89. The van der Waals surface area contributed by atoms with Crippen LogP contribution in [0.3, 0.4) is 0 Å². The van der Waals surface area contributed by atoms with Gasteiger partial charge >= 0.3 is 0 Å². The van der Waals surface area contributed by atoms with Crippen LogP contribution in [-0.2, 0) is 6.54 Å². The first kappa shape index (κ1) is 11.2. The highest BCUT2D eigenvalue weighted by atomic mass is 14.8. The third-order valence-corrected chi connectivity index (χ3v) is 3.27. The molecule has 0 atom stereocenters. The van der Waals surface area contributed by atoms with Crippen LogP contribution in [0, 0.1) is 13.8 Å². The summed E-state index contributed by atoms with van der Waals surface area (Å²) in [4.78, 5) is 3.48. The number of H-pyrrole nitrogens is 1. The van der Waals surface area contributed by atoms with E-state index >= 15 is 0 Å². The molecule has 0 amide bonds. The lowest BCUT2D eigenvalue weighted by Crippen LogP contribution is -2.01. The highest BCUT2D eigenvalue weighted by Gasteiger charge is 2.16. The summed E-state index contributed by atoms with van der Waals surface area (Å²) in [6.45, 7) is 9.35. The molecule has 1 aromatic carbocycles. The molecule has 0 bridgehead atoms. The van der Waals surface area contributed by atoms with E-state index in [0.717, 1.165) is 0 Å². The third-order valence-electron chi connectivity index (χ3n) is 3.27. The van der Waals surface area contributed by atoms with Gasteiger partial charge in [-0.25, -0.2) is 0 Å².